The summed E-state index contributed by atoms with van der Waals surface area (Å²) in [6, 6.07) is 12.8. The van der Waals surface area contributed by atoms with Gasteiger partial charge in [0.15, 0.2) is 0 Å². The zero-order valence-electron chi connectivity index (χ0n) is 11.2. The number of rotatable bonds is 2. The molecule has 0 spiro atoms. The molecule has 1 fully saturated rings. The molecule has 0 radical (unpaired) electrons. The van der Waals surface area contributed by atoms with Gasteiger partial charge in [-0.25, -0.2) is 9.40 Å². The molecule has 4 nitrogen and oxygen atoms in total. The lowest BCUT2D eigenvalue weighted by molar-refractivity contribution is -0.117. The minimum atomic E-state index is -0.479. The van der Waals surface area contributed by atoms with Crippen molar-refractivity contribution in [3.63, 3.8) is 0 Å². The first-order chi connectivity index (χ1) is 10.5. The Kier molecular flexibility index (Phi) is 3.93. The highest BCUT2D eigenvalue weighted by Crippen LogP contribution is 2.22. The second-order valence-corrected chi connectivity index (χ2v) is 5.91. The van der Waals surface area contributed by atoms with Crippen LogP contribution < -0.4 is 10.4 Å². The molecule has 0 bridgehead atoms. The molecule has 1 heterocycles. The van der Waals surface area contributed by atoms with Crippen LogP contribution in [0, 0.1) is 9.39 Å². The lowest BCUT2D eigenvalue weighted by atomic mass is 10.1. The monoisotopic (exact) mass is 408 g/mol. The van der Waals surface area contributed by atoms with Gasteiger partial charge in [0.1, 0.15) is 11.4 Å². The summed E-state index contributed by atoms with van der Waals surface area (Å²) in [7, 11) is 0. The van der Waals surface area contributed by atoms with Crippen molar-refractivity contribution in [1.29, 1.82) is 0 Å². The Balaban J connectivity index is 1.91. The van der Waals surface area contributed by atoms with E-state index in [1.165, 1.54) is 35.4 Å². The quantitative estimate of drug-likeness (QED) is 0.472. The summed E-state index contributed by atoms with van der Waals surface area (Å²) >= 11 is 2.16. The number of nitrogens with zero attached hydrogens (tertiary/aromatic N) is 1. The molecule has 0 unspecified atom stereocenters. The predicted octanol–water partition coefficient (Wildman–Crippen LogP) is 2.89. The molecule has 1 aliphatic rings. The van der Waals surface area contributed by atoms with Crippen LogP contribution in [0.4, 0.5) is 10.1 Å². The molecule has 1 aliphatic heterocycles. The molecule has 2 amide bonds. The number of carbonyl (C=O) groups excluding carboxylic acids is 2. The van der Waals surface area contributed by atoms with Crippen molar-refractivity contribution in [1.82, 2.24) is 5.43 Å². The summed E-state index contributed by atoms with van der Waals surface area (Å²) in [5.74, 6) is -1.28. The Morgan fingerprint density at radius 1 is 1.00 bits per heavy atom. The van der Waals surface area contributed by atoms with Crippen molar-refractivity contribution in [2.45, 2.75) is 0 Å². The molecule has 22 heavy (non-hydrogen) atoms. The van der Waals surface area contributed by atoms with E-state index in [0.717, 1.165) is 3.57 Å². The molecule has 0 saturated carbocycles. The Morgan fingerprint density at radius 3 is 2.27 bits per heavy atom. The van der Waals surface area contributed by atoms with E-state index in [1.54, 1.807) is 12.1 Å². The van der Waals surface area contributed by atoms with Gasteiger partial charge < -0.3 is 0 Å². The van der Waals surface area contributed by atoms with Gasteiger partial charge in [-0.2, -0.15) is 0 Å². The highest BCUT2D eigenvalue weighted by atomic mass is 127. The van der Waals surface area contributed by atoms with Crippen LogP contribution >= 0.6 is 22.6 Å². The average molecular weight is 408 g/mol. The summed E-state index contributed by atoms with van der Waals surface area (Å²) in [4.78, 5) is 24.4. The molecule has 6 heteroatoms. The van der Waals surface area contributed by atoms with Gasteiger partial charge in [-0.1, -0.05) is 12.1 Å². The van der Waals surface area contributed by atoms with Gasteiger partial charge in [0.2, 0.25) is 0 Å². The lowest BCUT2D eigenvalue weighted by Gasteiger charge is -2.14. The molecule has 1 saturated heterocycles. The summed E-state index contributed by atoms with van der Waals surface area (Å²) in [5.41, 5.74) is 3.71. The third kappa shape index (κ3) is 2.87. The number of halogens is 2. The first kappa shape index (κ1) is 14.7. The number of anilines is 1. The molecule has 0 aliphatic carbocycles. The third-order valence-electron chi connectivity index (χ3n) is 3.16. The fourth-order valence-electron chi connectivity index (χ4n) is 2.06. The molecule has 0 atom stereocenters. The maximum atomic E-state index is 12.9. The lowest BCUT2D eigenvalue weighted by Crippen LogP contribution is -2.35. The normalized spacial score (nSPS) is 16.3. The van der Waals surface area contributed by atoms with Crippen LogP contribution in [0.5, 0.6) is 0 Å². The van der Waals surface area contributed by atoms with E-state index in [1.807, 2.05) is 12.1 Å². The zero-order valence-corrected chi connectivity index (χ0v) is 13.4. The predicted molar refractivity (Wildman–Crippen MR) is 89.2 cm³/mol. The van der Waals surface area contributed by atoms with Crippen LogP contribution in [-0.2, 0) is 9.59 Å². The van der Waals surface area contributed by atoms with Crippen LogP contribution in [0.15, 0.2) is 54.1 Å². The van der Waals surface area contributed by atoms with Crippen LogP contribution in [-0.4, -0.2) is 11.8 Å². The number of nitrogens with one attached hydrogen (secondary N) is 1. The van der Waals surface area contributed by atoms with Gasteiger partial charge in [0, 0.05) is 3.57 Å². The second-order valence-electron chi connectivity index (χ2n) is 4.67. The molecular weight excluding hydrogens is 398 g/mol. The fourth-order valence-corrected chi connectivity index (χ4v) is 2.41. The number of hydrazine groups is 1. The topological polar surface area (TPSA) is 49.4 Å². The van der Waals surface area contributed by atoms with Crippen LogP contribution in [0.1, 0.15) is 5.56 Å². The fraction of sp³-hybridized carbons (Fsp3) is 0. The number of hydrogen-bond donors (Lipinski definition) is 1. The smallest absolute Gasteiger partial charge is 0.267 e. The molecule has 2 aromatic carbocycles. The molecule has 2 aromatic rings. The zero-order chi connectivity index (χ0) is 15.7. The third-order valence-corrected chi connectivity index (χ3v) is 3.88. The molecule has 3 rings (SSSR count). The van der Waals surface area contributed by atoms with E-state index in [0.29, 0.717) is 11.3 Å². The first-order valence-corrected chi connectivity index (χ1v) is 7.51. The van der Waals surface area contributed by atoms with Crippen molar-refractivity contribution in [3.05, 3.63) is 69.1 Å². The Morgan fingerprint density at radius 2 is 1.64 bits per heavy atom. The van der Waals surface area contributed by atoms with Crippen LogP contribution in [0.25, 0.3) is 6.08 Å². The Labute approximate surface area is 139 Å². The van der Waals surface area contributed by atoms with E-state index in [2.05, 4.69) is 28.0 Å². The molecule has 1 N–H and O–H groups in total. The molecular formula is C16H10FIN2O2. The number of hydrogen-bond acceptors (Lipinski definition) is 2. The maximum absolute atomic E-state index is 12.9. The number of benzene rings is 2. The van der Waals surface area contributed by atoms with Crippen molar-refractivity contribution in [2.75, 3.05) is 5.01 Å². The largest absolute Gasteiger partial charge is 0.282 e. The highest BCUT2D eigenvalue weighted by molar-refractivity contribution is 14.1. The van der Waals surface area contributed by atoms with Crippen molar-refractivity contribution in [2.24, 2.45) is 0 Å². The summed E-state index contributed by atoms with van der Waals surface area (Å²) in [6.45, 7) is 0. The Hall–Kier alpha value is -2.22. The maximum Gasteiger partial charge on any atom is 0.282 e. The van der Waals surface area contributed by atoms with Gasteiger partial charge >= 0.3 is 0 Å². The SMILES string of the molecule is O=C1NN(c2ccc(I)cc2)C(=O)C1=Cc1ccc(F)cc1. The minimum Gasteiger partial charge on any atom is -0.267 e. The van der Waals surface area contributed by atoms with E-state index in [-0.39, 0.29) is 11.4 Å². The number of carbonyl (C=O) groups is 2. The summed E-state index contributed by atoms with van der Waals surface area (Å²) in [6.07, 6.45) is 1.45. The van der Waals surface area contributed by atoms with E-state index in [9.17, 15) is 14.0 Å². The van der Waals surface area contributed by atoms with E-state index in [4.69, 9.17) is 0 Å². The second kappa shape index (κ2) is 5.88. The minimum absolute atomic E-state index is 0.0187. The molecule has 0 aromatic heterocycles. The van der Waals surface area contributed by atoms with Crippen molar-refractivity contribution in [3.8, 4) is 0 Å². The molecule has 110 valence electrons. The van der Waals surface area contributed by atoms with Crippen LogP contribution in [0.3, 0.4) is 0 Å². The summed E-state index contributed by atoms with van der Waals surface area (Å²) in [5, 5.41) is 1.20. The standard InChI is InChI=1S/C16H10FIN2O2/c17-11-3-1-10(2-4-11)9-14-15(21)19-20(16(14)22)13-7-5-12(18)6-8-13/h1-9H,(H,19,21). The van der Waals surface area contributed by atoms with Crippen molar-refractivity contribution >= 4 is 46.2 Å². The van der Waals surface area contributed by atoms with Crippen molar-refractivity contribution < 1.29 is 14.0 Å². The highest BCUT2D eigenvalue weighted by Gasteiger charge is 2.34. The van der Waals surface area contributed by atoms with E-state index < -0.39 is 11.8 Å². The van der Waals surface area contributed by atoms with Gasteiger partial charge in [0.25, 0.3) is 11.8 Å². The van der Waals surface area contributed by atoms with E-state index >= 15 is 0 Å². The van der Waals surface area contributed by atoms with Gasteiger partial charge in [-0.15, -0.1) is 0 Å². The average Bonchev–Trinajstić information content (AvgIpc) is 2.78. The summed E-state index contributed by atoms with van der Waals surface area (Å²) < 4.78 is 13.9. The van der Waals surface area contributed by atoms with Gasteiger partial charge in [0.05, 0.1) is 5.69 Å². The van der Waals surface area contributed by atoms with Gasteiger partial charge in [-0.05, 0) is 70.6 Å². The number of amides is 2. The Bertz CT molecular complexity index is 770. The first-order valence-electron chi connectivity index (χ1n) is 6.43. The van der Waals surface area contributed by atoms with Crippen LogP contribution in [0.2, 0.25) is 0 Å². The van der Waals surface area contributed by atoms with Gasteiger partial charge in [-0.3, -0.25) is 15.0 Å².